The van der Waals surface area contributed by atoms with Gasteiger partial charge in [-0.2, -0.15) is 0 Å². The molecule has 0 fully saturated rings. The van der Waals surface area contributed by atoms with E-state index in [4.69, 9.17) is 10.8 Å². The van der Waals surface area contributed by atoms with Crippen LogP contribution in [0, 0.1) is 5.82 Å². The van der Waals surface area contributed by atoms with Gasteiger partial charge in [-0.05, 0) is 18.2 Å². The maximum Gasteiger partial charge on any atom is 0.335 e. The lowest BCUT2D eigenvalue weighted by Crippen LogP contribution is -2.36. The molecule has 0 heterocycles. The number of anilines is 1. The van der Waals surface area contributed by atoms with Crippen LogP contribution in [0.5, 0.6) is 0 Å². The highest BCUT2D eigenvalue weighted by molar-refractivity contribution is 5.93. The molecule has 96 valence electrons. The molecule has 0 aliphatic rings. The second-order valence-electron chi connectivity index (χ2n) is 3.27. The van der Waals surface area contributed by atoms with Crippen molar-refractivity contribution in [1.29, 1.82) is 0 Å². The van der Waals surface area contributed by atoms with Crippen LogP contribution in [0.25, 0.3) is 0 Å². The molecule has 0 spiro atoms. The van der Waals surface area contributed by atoms with Crippen molar-refractivity contribution >= 4 is 23.6 Å². The average molecular weight is 255 g/mol. The first-order valence-corrected chi connectivity index (χ1v) is 4.76. The third-order valence-corrected chi connectivity index (χ3v) is 1.89. The number of carboxylic acids is 1. The molecule has 0 radical (unpaired) electrons. The van der Waals surface area contributed by atoms with Crippen molar-refractivity contribution < 1.29 is 23.9 Å². The van der Waals surface area contributed by atoms with Gasteiger partial charge in [-0.3, -0.25) is 4.79 Å². The molecule has 5 N–H and O–H groups in total. The normalized spacial score (nSPS) is 9.61. The minimum atomic E-state index is -1.28. The molecule has 1 rings (SSSR count). The number of hydrogen-bond donors (Lipinski definition) is 4. The van der Waals surface area contributed by atoms with Gasteiger partial charge in [0.2, 0.25) is 5.91 Å². The van der Waals surface area contributed by atoms with Crippen LogP contribution >= 0.6 is 0 Å². The highest BCUT2D eigenvalue weighted by atomic mass is 19.1. The third-order valence-electron chi connectivity index (χ3n) is 1.89. The Balaban J connectivity index is 2.70. The average Bonchev–Trinajstić information content (AvgIpc) is 2.29. The fraction of sp³-hybridized carbons (Fsp3) is 0.100. The van der Waals surface area contributed by atoms with E-state index in [2.05, 4.69) is 10.6 Å². The van der Waals surface area contributed by atoms with E-state index in [9.17, 15) is 18.8 Å². The molecule has 3 amide bonds. The van der Waals surface area contributed by atoms with E-state index in [0.717, 1.165) is 18.2 Å². The number of carboxylic acid groups (broad SMARTS) is 1. The van der Waals surface area contributed by atoms with Gasteiger partial charge >= 0.3 is 12.0 Å². The van der Waals surface area contributed by atoms with Crippen LogP contribution in [0.2, 0.25) is 0 Å². The summed E-state index contributed by atoms with van der Waals surface area (Å²) in [5, 5.41) is 12.8. The number of aromatic carboxylic acids is 1. The zero-order valence-corrected chi connectivity index (χ0v) is 9.07. The number of rotatable bonds is 4. The van der Waals surface area contributed by atoms with Crippen LogP contribution in [-0.4, -0.2) is 29.6 Å². The monoisotopic (exact) mass is 255 g/mol. The van der Waals surface area contributed by atoms with Crippen molar-refractivity contribution in [3.8, 4) is 0 Å². The van der Waals surface area contributed by atoms with E-state index in [1.54, 1.807) is 0 Å². The highest BCUT2D eigenvalue weighted by Gasteiger charge is 2.10. The zero-order chi connectivity index (χ0) is 13.7. The van der Waals surface area contributed by atoms with Gasteiger partial charge in [-0.25, -0.2) is 14.0 Å². The summed E-state index contributed by atoms with van der Waals surface area (Å²) < 4.78 is 13.4. The van der Waals surface area contributed by atoms with Crippen LogP contribution in [0.1, 0.15) is 10.4 Å². The van der Waals surface area contributed by atoms with Crippen LogP contribution in [0.3, 0.4) is 0 Å². The summed E-state index contributed by atoms with van der Waals surface area (Å²) in [7, 11) is 0. The predicted octanol–water partition coefficient (Wildman–Crippen LogP) is 0.131. The van der Waals surface area contributed by atoms with Crippen molar-refractivity contribution in [2.24, 2.45) is 5.73 Å². The van der Waals surface area contributed by atoms with Crippen molar-refractivity contribution in [3.05, 3.63) is 29.6 Å². The van der Waals surface area contributed by atoms with E-state index >= 15 is 0 Å². The van der Waals surface area contributed by atoms with Gasteiger partial charge in [0.1, 0.15) is 5.82 Å². The molecule has 1 aromatic rings. The number of benzene rings is 1. The van der Waals surface area contributed by atoms with Crippen molar-refractivity contribution in [2.45, 2.75) is 0 Å². The fourth-order valence-corrected chi connectivity index (χ4v) is 1.08. The molecule has 0 saturated carbocycles. The lowest BCUT2D eigenvalue weighted by atomic mass is 10.2. The first-order chi connectivity index (χ1) is 8.40. The number of carbonyl (C=O) groups is 3. The maximum absolute atomic E-state index is 13.4. The van der Waals surface area contributed by atoms with Gasteiger partial charge in [0.25, 0.3) is 0 Å². The zero-order valence-electron chi connectivity index (χ0n) is 9.07. The van der Waals surface area contributed by atoms with Crippen LogP contribution in [-0.2, 0) is 4.79 Å². The lowest BCUT2D eigenvalue weighted by molar-refractivity contribution is -0.117. The van der Waals surface area contributed by atoms with Crippen LogP contribution in [0.15, 0.2) is 18.2 Å². The maximum atomic E-state index is 13.4. The second kappa shape index (κ2) is 5.62. The lowest BCUT2D eigenvalue weighted by Gasteiger charge is -2.07. The van der Waals surface area contributed by atoms with Crippen molar-refractivity contribution in [3.63, 3.8) is 0 Å². The molecule has 0 bridgehead atoms. The van der Waals surface area contributed by atoms with Gasteiger partial charge in [-0.15, -0.1) is 0 Å². The van der Waals surface area contributed by atoms with E-state index in [-0.39, 0.29) is 17.8 Å². The Hall–Kier alpha value is -2.64. The van der Waals surface area contributed by atoms with Gasteiger partial charge in [0.05, 0.1) is 17.8 Å². The molecule has 0 aliphatic heterocycles. The van der Waals surface area contributed by atoms with Crippen LogP contribution < -0.4 is 16.4 Å². The summed E-state index contributed by atoms with van der Waals surface area (Å²) in [6.07, 6.45) is 0. The van der Waals surface area contributed by atoms with E-state index in [1.165, 1.54) is 0 Å². The summed E-state index contributed by atoms with van der Waals surface area (Å²) in [5.41, 5.74) is 4.35. The van der Waals surface area contributed by atoms with Gasteiger partial charge in [-0.1, -0.05) is 0 Å². The minimum absolute atomic E-state index is 0.207. The molecule has 18 heavy (non-hydrogen) atoms. The SMILES string of the molecule is NC(=O)CNC(=O)Nc1ccc(C(=O)O)cc1F. The Morgan fingerprint density at radius 2 is 2.00 bits per heavy atom. The summed E-state index contributed by atoms with van der Waals surface area (Å²) >= 11 is 0. The highest BCUT2D eigenvalue weighted by Crippen LogP contribution is 2.15. The third kappa shape index (κ3) is 3.74. The number of carbonyl (C=O) groups excluding carboxylic acids is 2. The standard InChI is InChI=1S/C10H10FN3O4/c11-6-3-5(9(16)17)1-2-7(6)14-10(18)13-4-8(12)15/h1-3H,4H2,(H2,12,15)(H,16,17)(H2,13,14,18). The van der Waals surface area contributed by atoms with Crippen LogP contribution in [0.4, 0.5) is 14.9 Å². The fourth-order valence-electron chi connectivity index (χ4n) is 1.08. The van der Waals surface area contributed by atoms with Gasteiger partial charge in [0.15, 0.2) is 0 Å². The molecule has 7 nitrogen and oxygen atoms in total. The number of halogens is 1. The molecule has 8 heteroatoms. The summed E-state index contributed by atoms with van der Waals surface area (Å²) in [5.74, 6) is -2.92. The smallest absolute Gasteiger partial charge is 0.335 e. The summed E-state index contributed by atoms with van der Waals surface area (Å²) in [6.45, 7) is -0.388. The number of amides is 3. The molecule has 0 atom stereocenters. The quantitative estimate of drug-likeness (QED) is 0.610. The molecule has 1 aromatic carbocycles. The number of nitrogens with two attached hydrogens (primary N) is 1. The number of nitrogens with one attached hydrogen (secondary N) is 2. The topological polar surface area (TPSA) is 122 Å². The Morgan fingerprint density at radius 1 is 1.33 bits per heavy atom. The Bertz CT molecular complexity index is 504. The molecular weight excluding hydrogens is 245 g/mol. The summed E-state index contributed by atoms with van der Waals surface area (Å²) in [6, 6.07) is 2.18. The minimum Gasteiger partial charge on any atom is -0.478 e. The summed E-state index contributed by atoms with van der Waals surface area (Å²) in [4.78, 5) is 32.1. The number of urea groups is 1. The predicted molar refractivity (Wildman–Crippen MR) is 59.6 cm³/mol. The van der Waals surface area contributed by atoms with Gasteiger partial charge in [0, 0.05) is 0 Å². The van der Waals surface area contributed by atoms with E-state index in [0.29, 0.717) is 0 Å². The van der Waals surface area contributed by atoms with Crippen molar-refractivity contribution in [2.75, 3.05) is 11.9 Å². The molecular formula is C10H10FN3O4. The number of hydrogen-bond acceptors (Lipinski definition) is 3. The first-order valence-electron chi connectivity index (χ1n) is 4.76. The largest absolute Gasteiger partial charge is 0.478 e. The van der Waals surface area contributed by atoms with Gasteiger partial charge < -0.3 is 21.5 Å². The molecule has 0 unspecified atom stereocenters. The first kappa shape index (κ1) is 13.4. The second-order valence-corrected chi connectivity index (χ2v) is 3.27. The molecule has 0 aliphatic carbocycles. The molecule has 0 saturated heterocycles. The Labute approximate surface area is 101 Å². The van der Waals surface area contributed by atoms with E-state index < -0.39 is 23.7 Å². The number of primary amides is 1. The Morgan fingerprint density at radius 3 is 2.50 bits per heavy atom. The Kier molecular flexibility index (Phi) is 4.19. The molecule has 0 aromatic heterocycles. The van der Waals surface area contributed by atoms with E-state index in [1.807, 2.05) is 0 Å². The van der Waals surface area contributed by atoms with Crippen molar-refractivity contribution in [1.82, 2.24) is 5.32 Å².